The highest BCUT2D eigenvalue weighted by atomic mass is 79.9. The third-order valence-corrected chi connectivity index (χ3v) is 2.71. The topological polar surface area (TPSA) is 69.6 Å². The number of rotatable bonds is 2. The molecule has 2 aromatic rings. The second-order valence-electron chi connectivity index (χ2n) is 3.33. The van der Waals surface area contributed by atoms with Crippen LogP contribution in [0.3, 0.4) is 0 Å². The number of halogens is 2. The number of hydrogen-bond acceptors (Lipinski definition) is 4. The first-order valence-corrected chi connectivity index (χ1v) is 5.38. The van der Waals surface area contributed by atoms with Gasteiger partial charge in [-0.1, -0.05) is 0 Å². The Kier molecular flexibility index (Phi) is 2.97. The summed E-state index contributed by atoms with van der Waals surface area (Å²) in [6.45, 7) is 1.76. The Morgan fingerprint density at radius 2 is 2.25 bits per heavy atom. The average Bonchev–Trinajstić information content (AvgIpc) is 2.70. The third kappa shape index (κ3) is 1.96. The van der Waals surface area contributed by atoms with Crippen LogP contribution in [0.25, 0.3) is 5.69 Å². The Balaban J connectivity index is 2.58. The van der Waals surface area contributed by atoms with E-state index in [0.29, 0.717) is 16.0 Å². The molecule has 0 spiro atoms. The largest absolute Gasteiger partial charge is 0.321 e. The van der Waals surface area contributed by atoms with Gasteiger partial charge in [0.25, 0.3) is 0 Å². The molecule has 1 heterocycles. The fourth-order valence-corrected chi connectivity index (χ4v) is 1.71. The number of aromatic nitrogens is 4. The van der Waals surface area contributed by atoms with Crippen LogP contribution in [-0.2, 0) is 0 Å². The number of tetrazole rings is 1. The fourth-order valence-electron chi connectivity index (χ4n) is 1.30. The van der Waals surface area contributed by atoms with Gasteiger partial charge >= 0.3 is 0 Å². The molecule has 1 unspecified atom stereocenters. The summed E-state index contributed by atoms with van der Waals surface area (Å²) in [5.41, 5.74) is 6.24. The van der Waals surface area contributed by atoms with Crippen LogP contribution in [-0.4, -0.2) is 20.2 Å². The smallest absolute Gasteiger partial charge is 0.173 e. The minimum absolute atomic E-state index is 0.329. The Hall–Kier alpha value is -1.34. The molecule has 5 nitrogen and oxygen atoms in total. The summed E-state index contributed by atoms with van der Waals surface area (Å²) in [4.78, 5) is 0. The van der Waals surface area contributed by atoms with E-state index < -0.39 is 0 Å². The van der Waals surface area contributed by atoms with E-state index >= 15 is 0 Å². The number of benzene rings is 1. The first kappa shape index (κ1) is 11.2. The van der Waals surface area contributed by atoms with Crippen molar-refractivity contribution < 1.29 is 4.39 Å². The molecule has 84 valence electrons. The maximum atomic E-state index is 13.1. The summed E-state index contributed by atoms with van der Waals surface area (Å²) in [6, 6.07) is 3.96. The second kappa shape index (κ2) is 4.26. The Morgan fingerprint density at radius 1 is 1.50 bits per heavy atom. The van der Waals surface area contributed by atoms with Crippen molar-refractivity contribution >= 4 is 15.9 Å². The molecule has 0 radical (unpaired) electrons. The quantitative estimate of drug-likeness (QED) is 0.910. The van der Waals surface area contributed by atoms with Gasteiger partial charge < -0.3 is 5.73 Å². The van der Waals surface area contributed by atoms with Crippen LogP contribution in [0.2, 0.25) is 0 Å². The lowest BCUT2D eigenvalue weighted by molar-refractivity contribution is 0.621. The lowest BCUT2D eigenvalue weighted by atomic mass is 10.3. The van der Waals surface area contributed by atoms with E-state index in [2.05, 4.69) is 31.5 Å². The summed E-state index contributed by atoms with van der Waals surface area (Å²) < 4.78 is 15.2. The van der Waals surface area contributed by atoms with E-state index in [1.165, 1.54) is 16.8 Å². The highest BCUT2D eigenvalue weighted by Crippen LogP contribution is 2.23. The summed E-state index contributed by atoms with van der Waals surface area (Å²) in [7, 11) is 0. The first-order valence-electron chi connectivity index (χ1n) is 4.59. The molecule has 2 rings (SSSR count). The van der Waals surface area contributed by atoms with Crippen LogP contribution >= 0.6 is 15.9 Å². The van der Waals surface area contributed by atoms with Gasteiger partial charge in [0.1, 0.15) is 5.82 Å². The molecular weight excluding hydrogens is 277 g/mol. The van der Waals surface area contributed by atoms with Crippen molar-refractivity contribution in [2.24, 2.45) is 5.73 Å². The molecule has 7 heteroatoms. The van der Waals surface area contributed by atoms with E-state index in [-0.39, 0.29) is 11.9 Å². The van der Waals surface area contributed by atoms with E-state index in [0.717, 1.165) is 0 Å². The van der Waals surface area contributed by atoms with Gasteiger partial charge in [0, 0.05) is 10.5 Å². The summed E-state index contributed by atoms with van der Waals surface area (Å²) in [6.07, 6.45) is 0. The van der Waals surface area contributed by atoms with Gasteiger partial charge in [0.05, 0.1) is 11.7 Å². The molecule has 0 saturated heterocycles. The molecule has 0 aliphatic carbocycles. The molecule has 0 amide bonds. The van der Waals surface area contributed by atoms with Gasteiger partial charge in [-0.15, -0.1) is 5.10 Å². The highest BCUT2D eigenvalue weighted by Gasteiger charge is 2.14. The molecule has 2 N–H and O–H groups in total. The van der Waals surface area contributed by atoms with E-state index in [1.54, 1.807) is 13.0 Å². The van der Waals surface area contributed by atoms with Crippen molar-refractivity contribution in [2.75, 3.05) is 0 Å². The van der Waals surface area contributed by atoms with Crippen molar-refractivity contribution in [1.29, 1.82) is 0 Å². The van der Waals surface area contributed by atoms with Crippen molar-refractivity contribution in [3.63, 3.8) is 0 Å². The molecule has 0 saturated carbocycles. The molecule has 1 aromatic heterocycles. The highest BCUT2D eigenvalue weighted by molar-refractivity contribution is 9.10. The monoisotopic (exact) mass is 285 g/mol. The van der Waals surface area contributed by atoms with Gasteiger partial charge in [-0.3, -0.25) is 0 Å². The molecule has 0 fully saturated rings. The van der Waals surface area contributed by atoms with Gasteiger partial charge in [-0.2, -0.15) is 4.68 Å². The van der Waals surface area contributed by atoms with Crippen LogP contribution in [0.4, 0.5) is 4.39 Å². The Morgan fingerprint density at radius 3 is 2.94 bits per heavy atom. The minimum Gasteiger partial charge on any atom is -0.321 e. The fraction of sp³-hybridized carbons (Fsp3) is 0.222. The van der Waals surface area contributed by atoms with Gasteiger partial charge in [0.15, 0.2) is 5.82 Å². The van der Waals surface area contributed by atoms with Gasteiger partial charge in [0.2, 0.25) is 0 Å². The van der Waals surface area contributed by atoms with Crippen LogP contribution in [0, 0.1) is 5.82 Å². The normalized spacial score (nSPS) is 12.8. The van der Waals surface area contributed by atoms with Crippen molar-refractivity contribution in [3.8, 4) is 5.69 Å². The Labute approximate surface area is 99.6 Å². The zero-order chi connectivity index (χ0) is 11.7. The van der Waals surface area contributed by atoms with Crippen molar-refractivity contribution in [1.82, 2.24) is 20.2 Å². The molecule has 0 bridgehead atoms. The zero-order valence-electron chi connectivity index (χ0n) is 8.43. The number of hydrogen-bond donors (Lipinski definition) is 1. The lowest BCUT2D eigenvalue weighted by Gasteiger charge is -2.08. The van der Waals surface area contributed by atoms with E-state index in [1.807, 2.05) is 0 Å². The number of nitrogens with zero attached hydrogens (tertiary/aromatic N) is 4. The second-order valence-corrected chi connectivity index (χ2v) is 4.19. The van der Waals surface area contributed by atoms with Gasteiger partial charge in [-0.25, -0.2) is 4.39 Å². The molecule has 1 aromatic carbocycles. The number of nitrogens with two attached hydrogens (primary N) is 1. The standard InChI is InChI=1S/C9H9BrFN5/c1-5(12)9-13-14-15-16(9)8-4-6(11)2-3-7(8)10/h2-5H,12H2,1H3. The SMILES string of the molecule is CC(N)c1nnnn1-c1cc(F)ccc1Br. The maximum Gasteiger partial charge on any atom is 0.173 e. The van der Waals surface area contributed by atoms with Crippen LogP contribution in [0.15, 0.2) is 22.7 Å². The first-order chi connectivity index (χ1) is 7.59. The molecule has 0 aliphatic rings. The molecule has 1 atom stereocenters. The summed E-state index contributed by atoms with van der Waals surface area (Å²) in [5, 5.41) is 11.1. The summed E-state index contributed by atoms with van der Waals surface area (Å²) >= 11 is 3.31. The van der Waals surface area contributed by atoms with Crippen LogP contribution in [0.5, 0.6) is 0 Å². The predicted octanol–water partition coefficient (Wildman–Crippen LogP) is 1.58. The molecular formula is C9H9BrFN5. The molecule has 0 aliphatic heterocycles. The third-order valence-electron chi connectivity index (χ3n) is 2.04. The van der Waals surface area contributed by atoms with Crippen molar-refractivity contribution in [2.45, 2.75) is 13.0 Å². The predicted molar refractivity (Wildman–Crippen MR) is 59.4 cm³/mol. The van der Waals surface area contributed by atoms with Gasteiger partial charge in [-0.05, 0) is 45.4 Å². The van der Waals surface area contributed by atoms with Crippen molar-refractivity contribution in [3.05, 3.63) is 34.3 Å². The van der Waals surface area contributed by atoms with E-state index in [4.69, 9.17) is 5.73 Å². The minimum atomic E-state index is -0.357. The van der Waals surface area contributed by atoms with E-state index in [9.17, 15) is 4.39 Å². The van der Waals surface area contributed by atoms with Crippen LogP contribution < -0.4 is 5.73 Å². The zero-order valence-corrected chi connectivity index (χ0v) is 10.0. The molecule has 16 heavy (non-hydrogen) atoms. The Bertz CT molecular complexity index is 510. The summed E-state index contributed by atoms with van der Waals surface area (Å²) in [5.74, 6) is 0.121. The maximum absolute atomic E-state index is 13.1. The lowest BCUT2D eigenvalue weighted by Crippen LogP contribution is -2.13. The van der Waals surface area contributed by atoms with Crippen LogP contribution in [0.1, 0.15) is 18.8 Å². The average molecular weight is 286 g/mol.